The van der Waals surface area contributed by atoms with Gasteiger partial charge < -0.3 is 0 Å². The molecule has 0 heterocycles. The Morgan fingerprint density at radius 2 is 1.59 bits per heavy atom. The third-order valence-corrected chi connectivity index (χ3v) is 6.88. The van der Waals surface area contributed by atoms with Crippen LogP contribution in [-0.4, -0.2) is 11.5 Å². The van der Waals surface area contributed by atoms with Crippen molar-refractivity contribution < 1.29 is 4.79 Å². The summed E-state index contributed by atoms with van der Waals surface area (Å²) < 4.78 is 2.45. The maximum atomic E-state index is 12.5. The predicted octanol–water partition coefficient (Wildman–Crippen LogP) is 8.93. The number of carbonyl (C=O) groups is 1. The molecule has 0 aromatic heterocycles. The van der Waals surface area contributed by atoms with E-state index in [1.54, 1.807) is 6.08 Å². The van der Waals surface area contributed by atoms with Gasteiger partial charge in [0.25, 0.3) is 0 Å². The van der Waals surface area contributed by atoms with E-state index in [9.17, 15) is 4.79 Å². The molecule has 0 atom stereocenters. The summed E-state index contributed by atoms with van der Waals surface area (Å²) in [5, 5.41) is 0. The molecule has 0 radical (unpaired) electrons. The lowest BCUT2D eigenvalue weighted by atomic mass is 10.1. The first-order chi connectivity index (χ1) is 13.0. The third-order valence-electron chi connectivity index (χ3n) is 4.08. The van der Waals surface area contributed by atoms with Crippen LogP contribution in [-0.2, 0) is 0 Å². The highest BCUT2D eigenvalue weighted by atomic mass is 79.9. The summed E-state index contributed by atoms with van der Waals surface area (Å²) in [4.78, 5) is 13.8. The number of benzene rings is 2. The minimum Gasteiger partial charge on any atom is -0.289 e. The zero-order valence-corrected chi connectivity index (χ0v) is 20.9. The summed E-state index contributed by atoms with van der Waals surface area (Å²) in [6, 6.07) is 12.1. The average molecular weight is 575 g/mol. The molecule has 0 aliphatic rings. The van der Waals surface area contributed by atoms with E-state index < -0.39 is 0 Å². The number of unbranched alkanes of at least 4 members (excludes halogenated alkanes) is 4. The molecule has 5 heteroatoms. The minimum absolute atomic E-state index is 0.0354. The van der Waals surface area contributed by atoms with Crippen LogP contribution < -0.4 is 0 Å². The second-order valence-corrected chi connectivity index (χ2v) is 10.1. The fraction of sp³-hybridized carbons (Fsp3) is 0.318. The van der Waals surface area contributed by atoms with Gasteiger partial charge in [-0.2, -0.15) is 0 Å². The number of rotatable bonds is 10. The van der Waals surface area contributed by atoms with E-state index in [1.807, 2.05) is 30.0 Å². The van der Waals surface area contributed by atoms with Gasteiger partial charge in [-0.15, -0.1) is 11.8 Å². The maximum Gasteiger partial charge on any atom is 0.188 e. The summed E-state index contributed by atoms with van der Waals surface area (Å²) in [6.07, 6.45) is 10.1. The number of halogens is 3. The van der Waals surface area contributed by atoms with Crippen LogP contribution in [0.1, 0.15) is 54.9 Å². The first-order valence-corrected chi connectivity index (χ1v) is 12.5. The van der Waals surface area contributed by atoms with Gasteiger partial charge >= 0.3 is 0 Å². The maximum absolute atomic E-state index is 12.5. The highest BCUT2D eigenvalue weighted by Gasteiger charge is 2.12. The van der Waals surface area contributed by atoms with Crippen LogP contribution in [0.25, 0.3) is 6.08 Å². The van der Waals surface area contributed by atoms with E-state index in [1.165, 1.54) is 42.8 Å². The smallest absolute Gasteiger partial charge is 0.188 e. The second-order valence-electron chi connectivity index (χ2n) is 6.27. The summed E-state index contributed by atoms with van der Waals surface area (Å²) in [7, 11) is 0. The number of ketones is 1. The van der Waals surface area contributed by atoms with Crippen molar-refractivity contribution in [2.75, 3.05) is 5.75 Å². The average Bonchev–Trinajstić information content (AvgIpc) is 2.63. The van der Waals surface area contributed by atoms with Gasteiger partial charge in [-0.3, -0.25) is 4.79 Å². The normalized spacial score (nSPS) is 11.3. The molecule has 0 amide bonds. The van der Waals surface area contributed by atoms with E-state index in [4.69, 9.17) is 0 Å². The number of thioether (sulfide) groups is 1. The van der Waals surface area contributed by atoms with Crippen LogP contribution in [0.4, 0.5) is 0 Å². The topological polar surface area (TPSA) is 17.1 Å². The van der Waals surface area contributed by atoms with E-state index >= 15 is 0 Å². The van der Waals surface area contributed by atoms with Crippen molar-refractivity contribution in [1.82, 2.24) is 0 Å². The van der Waals surface area contributed by atoms with Crippen molar-refractivity contribution in [2.45, 2.75) is 43.9 Å². The van der Waals surface area contributed by atoms with Crippen molar-refractivity contribution in [2.24, 2.45) is 0 Å². The van der Waals surface area contributed by atoms with Crippen molar-refractivity contribution >= 4 is 71.4 Å². The van der Waals surface area contributed by atoms with Crippen LogP contribution in [0.3, 0.4) is 0 Å². The number of carbonyl (C=O) groups excluding carboxylic acids is 1. The van der Waals surface area contributed by atoms with Gasteiger partial charge in [0.2, 0.25) is 0 Å². The largest absolute Gasteiger partial charge is 0.289 e. The van der Waals surface area contributed by atoms with Crippen LogP contribution in [0.5, 0.6) is 0 Å². The Bertz CT molecular complexity index is 762. The number of hydrogen-bond acceptors (Lipinski definition) is 2. The molecule has 0 unspecified atom stereocenters. The lowest BCUT2D eigenvalue weighted by molar-refractivity contribution is 0.104. The molecule has 2 aromatic carbocycles. The zero-order chi connectivity index (χ0) is 19.6. The van der Waals surface area contributed by atoms with Crippen LogP contribution in [0.15, 0.2) is 60.8 Å². The highest BCUT2D eigenvalue weighted by molar-refractivity contribution is 9.11. The van der Waals surface area contributed by atoms with Gasteiger partial charge in [-0.25, -0.2) is 0 Å². The van der Waals surface area contributed by atoms with Crippen molar-refractivity contribution in [3.8, 4) is 0 Å². The Hall–Kier alpha value is -0.360. The lowest BCUT2D eigenvalue weighted by Gasteiger charge is -2.05. The second kappa shape index (κ2) is 12.3. The summed E-state index contributed by atoms with van der Waals surface area (Å²) in [6.45, 7) is 2.24. The molecule has 27 heavy (non-hydrogen) atoms. The Morgan fingerprint density at radius 3 is 2.22 bits per heavy atom. The van der Waals surface area contributed by atoms with Gasteiger partial charge in [0.1, 0.15) is 0 Å². The molecule has 1 nitrogen and oxygen atoms in total. The fourth-order valence-electron chi connectivity index (χ4n) is 2.60. The highest BCUT2D eigenvalue weighted by Crippen LogP contribution is 2.30. The van der Waals surface area contributed by atoms with Gasteiger partial charge in [-0.1, -0.05) is 66.7 Å². The van der Waals surface area contributed by atoms with Crippen molar-refractivity contribution in [3.05, 3.63) is 67.0 Å². The lowest BCUT2D eigenvalue weighted by Crippen LogP contribution is -1.97. The van der Waals surface area contributed by atoms with E-state index in [2.05, 4.69) is 79.0 Å². The third kappa shape index (κ3) is 7.88. The first kappa shape index (κ1) is 22.9. The molecule has 2 aromatic rings. The molecule has 144 valence electrons. The standard InChI is InChI=1S/C22H23Br3OS/c1-2-3-4-5-6-13-27-18-10-7-16(8-11-18)9-12-21(26)22-19(24)14-17(23)15-20(22)25/h7-12,14-15H,2-6,13H2,1H3/b12-9+. The Labute approximate surface area is 191 Å². The predicted molar refractivity (Wildman–Crippen MR) is 129 cm³/mol. The molecule has 0 bridgehead atoms. The van der Waals surface area contributed by atoms with Crippen LogP contribution in [0, 0.1) is 0 Å². The van der Waals surface area contributed by atoms with Crippen molar-refractivity contribution in [3.63, 3.8) is 0 Å². The summed E-state index contributed by atoms with van der Waals surface area (Å²) >= 11 is 12.2. The molecule has 0 aliphatic carbocycles. The summed E-state index contributed by atoms with van der Waals surface area (Å²) in [5.74, 6) is 1.13. The molecule has 2 rings (SSSR count). The van der Waals surface area contributed by atoms with E-state index in [0.717, 1.165) is 19.0 Å². The molecule has 0 spiro atoms. The molecule has 0 saturated heterocycles. The minimum atomic E-state index is -0.0354. The Kier molecular flexibility index (Phi) is 10.4. The van der Waals surface area contributed by atoms with Gasteiger partial charge in [0, 0.05) is 18.3 Å². The quantitative estimate of drug-likeness (QED) is 0.122. The molecule has 0 aliphatic heterocycles. The number of hydrogen-bond donors (Lipinski definition) is 0. The van der Waals surface area contributed by atoms with Gasteiger partial charge in [-0.05, 0) is 79.9 Å². The molecule has 0 N–H and O–H groups in total. The molecular formula is C22H23Br3OS. The monoisotopic (exact) mass is 572 g/mol. The Balaban J connectivity index is 1.89. The van der Waals surface area contributed by atoms with Gasteiger partial charge in [0.05, 0.1) is 5.56 Å². The fourth-order valence-corrected chi connectivity index (χ4v) is 6.17. The molecule has 0 fully saturated rings. The first-order valence-electron chi connectivity index (χ1n) is 9.11. The Morgan fingerprint density at radius 1 is 0.963 bits per heavy atom. The SMILES string of the molecule is CCCCCCCSc1ccc(/C=C/C(=O)c2c(Br)cc(Br)cc2Br)cc1. The van der Waals surface area contributed by atoms with Crippen molar-refractivity contribution in [1.29, 1.82) is 0 Å². The van der Waals surface area contributed by atoms with E-state index in [-0.39, 0.29) is 5.78 Å². The van der Waals surface area contributed by atoms with E-state index in [0.29, 0.717) is 5.56 Å². The molecular weight excluding hydrogens is 552 g/mol. The summed E-state index contributed by atoms with van der Waals surface area (Å²) in [5.41, 5.74) is 1.66. The zero-order valence-electron chi connectivity index (χ0n) is 15.3. The van der Waals surface area contributed by atoms with Crippen LogP contribution in [0.2, 0.25) is 0 Å². The number of allylic oxidation sites excluding steroid dienone is 1. The molecule has 0 saturated carbocycles. The van der Waals surface area contributed by atoms with Gasteiger partial charge in [0.15, 0.2) is 5.78 Å². The van der Waals surface area contributed by atoms with Crippen LogP contribution >= 0.6 is 59.6 Å².